The molecule has 0 aliphatic heterocycles. The molecule has 1 aromatic carbocycles. The number of rotatable bonds is 3. The third-order valence-corrected chi connectivity index (χ3v) is 4.97. The second kappa shape index (κ2) is 7.46. The zero-order chi connectivity index (χ0) is 16.1. The number of nitrogens with zero attached hydrogens (tertiary/aromatic N) is 1. The van der Waals surface area contributed by atoms with Crippen LogP contribution in [-0.4, -0.2) is 18.1 Å². The van der Waals surface area contributed by atoms with Gasteiger partial charge >= 0.3 is 6.03 Å². The lowest BCUT2D eigenvalue weighted by molar-refractivity contribution is 0.262. The zero-order valence-electron chi connectivity index (χ0n) is 13.2. The number of thiazole rings is 1. The van der Waals surface area contributed by atoms with E-state index in [1.165, 1.54) is 30.6 Å². The molecule has 0 atom stereocenters. The molecule has 6 heteroatoms. The smallest absolute Gasteiger partial charge is 0.325 e. The summed E-state index contributed by atoms with van der Waals surface area (Å²) in [5, 5.41) is 6.33. The van der Waals surface area contributed by atoms with Crippen LogP contribution >= 0.6 is 11.3 Å². The third kappa shape index (κ3) is 4.22. The lowest BCUT2D eigenvalue weighted by atomic mass is 10.0. The molecule has 2 N–H and O–H groups in total. The minimum atomic E-state index is -0.278. The van der Waals surface area contributed by atoms with Gasteiger partial charge in [-0.2, -0.15) is 0 Å². The van der Waals surface area contributed by atoms with Gasteiger partial charge in [0, 0.05) is 16.6 Å². The molecule has 0 fully saturated rings. The fourth-order valence-electron chi connectivity index (χ4n) is 2.72. The van der Waals surface area contributed by atoms with Gasteiger partial charge in [0.25, 0.3) is 0 Å². The van der Waals surface area contributed by atoms with Crippen molar-refractivity contribution < 1.29 is 9.53 Å². The molecule has 0 bridgehead atoms. The fourth-order valence-corrected chi connectivity index (χ4v) is 3.76. The lowest BCUT2D eigenvalue weighted by Crippen LogP contribution is -2.19. The minimum Gasteiger partial charge on any atom is -0.497 e. The molecular weight excluding hydrogens is 310 g/mol. The molecule has 1 aromatic heterocycles. The first-order chi connectivity index (χ1) is 11.2. The van der Waals surface area contributed by atoms with Gasteiger partial charge < -0.3 is 10.1 Å². The highest BCUT2D eigenvalue weighted by atomic mass is 32.1. The number of anilines is 2. The zero-order valence-corrected chi connectivity index (χ0v) is 14.0. The van der Waals surface area contributed by atoms with E-state index < -0.39 is 0 Å². The molecular formula is C17H21N3O2S. The van der Waals surface area contributed by atoms with Crippen molar-refractivity contribution in [1.29, 1.82) is 0 Å². The first kappa shape index (κ1) is 15.8. The molecule has 23 heavy (non-hydrogen) atoms. The molecule has 0 spiro atoms. The van der Waals surface area contributed by atoms with Crippen LogP contribution in [0.1, 0.15) is 36.3 Å². The number of aromatic nitrogens is 1. The number of aryl methyl sites for hydroxylation is 2. The van der Waals surface area contributed by atoms with Crippen molar-refractivity contribution in [2.75, 3.05) is 17.7 Å². The molecule has 0 unspecified atom stereocenters. The van der Waals surface area contributed by atoms with E-state index in [1.807, 2.05) is 18.2 Å². The van der Waals surface area contributed by atoms with Crippen molar-refractivity contribution in [2.45, 2.75) is 38.5 Å². The number of carbonyl (C=O) groups excluding carboxylic acids is 1. The minimum absolute atomic E-state index is 0.278. The van der Waals surface area contributed by atoms with Crippen molar-refractivity contribution in [3.8, 4) is 5.75 Å². The van der Waals surface area contributed by atoms with Gasteiger partial charge in [0.2, 0.25) is 0 Å². The van der Waals surface area contributed by atoms with Gasteiger partial charge in [0.1, 0.15) is 5.75 Å². The third-order valence-electron chi connectivity index (χ3n) is 3.89. The molecule has 0 saturated carbocycles. The Labute approximate surface area is 140 Å². The summed E-state index contributed by atoms with van der Waals surface area (Å²) in [7, 11) is 1.60. The van der Waals surface area contributed by atoms with Gasteiger partial charge in [0.05, 0.1) is 12.8 Å². The van der Waals surface area contributed by atoms with Crippen LogP contribution in [0.3, 0.4) is 0 Å². The van der Waals surface area contributed by atoms with Crippen LogP contribution in [0.2, 0.25) is 0 Å². The lowest BCUT2D eigenvalue weighted by Gasteiger charge is -2.06. The predicted molar refractivity (Wildman–Crippen MR) is 93.6 cm³/mol. The van der Waals surface area contributed by atoms with E-state index in [-0.39, 0.29) is 6.03 Å². The SMILES string of the molecule is COc1cccc(NC(=O)Nc2nc3c(s2)CCCCCC3)c1. The summed E-state index contributed by atoms with van der Waals surface area (Å²) in [6.07, 6.45) is 7.06. The molecule has 0 radical (unpaired) electrons. The first-order valence-corrected chi connectivity index (χ1v) is 8.77. The van der Waals surface area contributed by atoms with Gasteiger partial charge in [-0.15, -0.1) is 11.3 Å². The van der Waals surface area contributed by atoms with E-state index in [0.717, 1.165) is 18.5 Å². The van der Waals surface area contributed by atoms with Crippen LogP contribution in [0.4, 0.5) is 15.6 Å². The summed E-state index contributed by atoms with van der Waals surface area (Å²) in [5.41, 5.74) is 1.85. The quantitative estimate of drug-likeness (QED) is 0.873. The number of hydrogen-bond acceptors (Lipinski definition) is 4. The van der Waals surface area contributed by atoms with E-state index in [0.29, 0.717) is 16.6 Å². The number of methoxy groups -OCH3 is 1. The van der Waals surface area contributed by atoms with Crippen molar-refractivity contribution in [2.24, 2.45) is 0 Å². The largest absolute Gasteiger partial charge is 0.497 e. The highest BCUT2D eigenvalue weighted by Gasteiger charge is 2.14. The van der Waals surface area contributed by atoms with E-state index in [9.17, 15) is 4.79 Å². The van der Waals surface area contributed by atoms with Crippen LogP contribution in [0, 0.1) is 0 Å². The maximum absolute atomic E-state index is 12.1. The molecule has 2 aromatic rings. The number of urea groups is 1. The second-order valence-corrected chi connectivity index (χ2v) is 6.70. The molecule has 1 aliphatic carbocycles. The summed E-state index contributed by atoms with van der Waals surface area (Å²) in [6.45, 7) is 0. The number of nitrogens with one attached hydrogen (secondary N) is 2. The number of amides is 2. The fraction of sp³-hybridized carbons (Fsp3) is 0.412. The summed E-state index contributed by atoms with van der Waals surface area (Å²) in [5.74, 6) is 0.708. The van der Waals surface area contributed by atoms with Crippen LogP contribution in [0.5, 0.6) is 5.75 Å². The van der Waals surface area contributed by atoms with E-state index in [2.05, 4.69) is 15.6 Å². The Bertz CT molecular complexity index is 659. The van der Waals surface area contributed by atoms with Gasteiger partial charge in [-0.3, -0.25) is 5.32 Å². The van der Waals surface area contributed by atoms with Crippen molar-refractivity contribution in [3.05, 3.63) is 34.8 Å². The van der Waals surface area contributed by atoms with E-state index in [1.54, 1.807) is 24.5 Å². The second-order valence-electron chi connectivity index (χ2n) is 5.61. The molecule has 122 valence electrons. The molecule has 0 saturated heterocycles. The number of benzene rings is 1. The number of hydrogen-bond donors (Lipinski definition) is 2. The average Bonchev–Trinajstić information content (AvgIpc) is 2.88. The van der Waals surface area contributed by atoms with Crippen molar-refractivity contribution in [1.82, 2.24) is 4.98 Å². The van der Waals surface area contributed by atoms with E-state index >= 15 is 0 Å². The van der Waals surface area contributed by atoms with Crippen molar-refractivity contribution in [3.63, 3.8) is 0 Å². The Morgan fingerprint density at radius 1 is 1.17 bits per heavy atom. The Hall–Kier alpha value is -2.08. The highest BCUT2D eigenvalue weighted by molar-refractivity contribution is 7.15. The topological polar surface area (TPSA) is 63.2 Å². The molecule has 1 aliphatic rings. The van der Waals surface area contributed by atoms with Gasteiger partial charge in [-0.1, -0.05) is 18.9 Å². The summed E-state index contributed by atoms with van der Waals surface area (Å²) < 4.78 is 5.15. The summed E-state index contributed by atoms with van der Waals surface area (Å²) >= 11 is 1.60. The predicted octanol–water partition coefficient (Wildman–Crippen LogP) is 4.45. The Balaban J connectivity index is 1.64. The molecule has 3 rings (SSSR count). The molecule has 5 nitrogen and oxygen atoms in total. The van der Waals surface area contributed by atoms with Crippen LogP contribution in [0.15, 0.2) is 24.3 Å². The maximum Gasteiger partial charge on any atom is 0.325 e. The average molecular weight is 331 g/mol. The summed E-state index contributed by atoms with van der Waals surface area (Å²) in [6, 6.07) is 7.00. The normalized spacial score (nSPS) is 14.3. The van der Waals surface area contributed by atoms with Crippen LogP contribution in [0.25, 0.3) is 0 Å². The van der Waals surface area contributed by atoms with Gasteiger partial charge in [-0.05, 0) is 37.8 Å². The van der Waals surface area contributed by atoms with E-state index in [4.69, 9.17) is 4.74 Å². The molecule has 1 heterocycles. The standard InChI is InChI=1S/C17H21N3O2S/c1-22-13-8-6-7-12(11-13)18-16(21)20-17-19-14-9-4-2-3-5-10-15(14)23-17/h6-8,11H,2-5,9-10H2,1H3,(H2,18,19,20,21). The van der Waals surface area contributed by atoms with Crippen molar-refractivity contribution >= 4 is 28.2 Å². The highest BCUT2D eigenvalue weighted by Crippen LogP contribution is 2.28. The maximum atomic E-state index is 12.1. The van der Waals surface area contributed by atoms with Crippen LogP contribution < -0.4 is 15.4 Å². The van der Waals surface area contributed by atoms with Crippen LogP contribution in [-0.2, 0) is 12.8 Å². The Morgan fingerprint density at radius 2 is 2.00 bits per heavy atom. The number of fused-ring (bicyclic) bond motifs is 1. The van der Waals surface area contributed by atoms with Gasteiger partial charge in [0.15, 0.2) is 5.13 Å². The number of carbonyl (C=O) groups is 1. The Kier molecular flexibility index (Phi) is 5.12. The Morgan fingerprint density at radius 3 is 2.83 bits per heavy atom. The first-order valence-electron chi connectivity index (χ1n) is 7.95. The van der Waals surface area contributed by atoms with Gasteiger partial charge in [-0.25, -0.2) is 9.78 Å². The summed E-state index contributed by atoms with van der Waals surface area (Å²) in [4.78, 5) is 18.0. The number of ether oxygens (including phenoxy) is 1. The molecule has 2 amide bonds. The monoisotopic (exact) mass is 331 g/mol.